The zero-order valence-corrected chi connectivity index (χ0v) is 9.51. The molecule has 2 aliphatic rings. The minimum absolute atomic E-state index is 0.0346. The van der Waals surface area contributed by atoms with Gasteiger partial charge in [0.05, 0.1) is 5.92 Å². The van der Waals surface area contributed by atoms with Crippen LogP contribution in [0.15, 0.2) is 12.2 Å². The molecule has 0 spiro atoms. The van der Waals surface area contributed by atoms with Crippen molar-refractivity contribution in [3.8, 4) is 0 Å². The molecule has 0 bridgehead atoms. The fraction of sp³-hybridized carbons (Fsp3) is 0.750. The van der Waals surface area contributed by atoms with Crippen LogP contribution in [0.4, 0.5) is 0 Å². The number of carbonyl (C=O) groups is 1. The number of nitrogens with zero attached hydrogens (tertiary/aromatic N) is 1. The summed E-state index contributed by atoms with van der Waals surface area (Å²) in [5, 5.41) is 9.13. The molecule has 1 saturated heterocycles. The van der Waals surface area contributed by atoms with Crippen molar-refractivity contribution in [2.75, 3.05) is 19.7 Å². The topological polar surface area (TPSA) is 66.6 Å². The van der Waals surface area contributed by atoms with Gasteiger partial charge >= 0.3 is 0 Å². The van der Waals surface area contributed by atoms with Crippen molar-refractivity contribution in [2.24, 2.45) is 17.6 Å². The standard InChI is InChI=1S/C12H20N2O2/c13-11-4-3-10(6-11)12(16)14-5-1-2-9(7-14)8-15/h3-4,9-11,15H,1-2,5-8,13H2. The lowest BCUT2D eigenvalue weighted by Gasteiger charge is -2.33. The Labute approximate surface area is 96.1 Å². The SMILES string of the molecule is NC1C=CC(C(=O)N2CCCC(CO)C2)C1. The summed E-state index contributed by atoms with van der Waals surface area (Å²) in [6.07, 6.45) is 6.60. The predicted octanol–water partition coefficient (Wildman–Crippen LogP) is 0.121. The number of rotatable bonds is 2. The van der Waals surface area contributed by atoms with E-state index in [0.717, 1.165) is 25.8 Å². The molecule has 4 nitrogen and oxygen atoms in total. The van der Waals surface area contributed by atoms with Crippen LogP contribution < -0.4 is 5.73 Å². The first-order valence-electron chi connectivity index (χ1n) is 6.04. The Kier molecular flexibility index (Phi) is 3.61. The summed E-state index contributed by atoms with van der Waals surface area (Å²) in [5.41, 5.74) is 5.75. The molecule has 3 atom stereocenters. The van der Waals surface area contributed by atoms with Gasteiger partial charge in [0.25, 0.3) is 0 Å². The van der Waals surface area contributed by atoms with Gasteiger partial charge in [0.1, 0.15) is 0 Å². The van der Waals surface area contributed by atoms with Crippen LogP contribution in [0.1, 0.15) is 19.3 Å². The van der Waals surface area contributed by atoms with E-state index in [0.29, 0.717) is 6.54 Å². The van der Waals surface area contributed by atoms with Crippen LogP contribution in [-0.2, 0) is 4.79 Å². The Morgan fingerprint density at radius 3 is 2.94 bits per heavy atom. The maximum absolute atomic E-state index is 12.1. The summed E-state index contributed by atoms with van der Waals surface area (Å²) in [4.78, 5) is 14.0. The Morgan fingerprint density at radius 2 is 2.31 bits per heavy atom. The van der Waals surface area contributed by atoms with E-state index in [4.69, 9.17) is 10.8 Å². The van der Waals surface area contributed by atoms with Gasteiger partial charge in [0.15, 0.2) is 0 Å². The van der Waals surface area contributed by atoms with Crippen molar-refractivity contribution < 1.29 is 9.90 Å². The maximum Gasteiger partial charge on any atom is 0.229 e. The van der Waals surface area contributed by atoms with Gasteiger partial charge in [-0.25, -0.2) is 0 Å². The number of nitrogens with two attached hydrogens (primary N) is 1. The predicted molar refractivity (Wildman–Crippen MR) is 61.6 cm³/mol. The highest BCUT2D eigenvalue weighted by Gasteiger charge is 2.30. The molecule has 0 aromatic heterocycles. The average Bonchev–Trinajstić information content (AvgIpc) is 2.75. The molecule has 0 saturated carbocycles. The summed E-state index contributed by atoms with van der Waals surface area (Å²) >= 11 is 0. The molecule has 90 valence electrons. The van der Waals surface area contributed by atoms with Crippen LogP contribution in [0, 0.1) is 11.8 Å². The largest absolute Gasteiger partial charge is 0.396 e. The van der Waals surface area contributed by atoms with Crippen LogP contribution in [0.25, 0.3) is 0 Å². The lowest BCUT2D eigenvalue weighted by molar-refractivity contribution is -0.136. The second kappa shape index (κ2) is 4.97. The first kappa shape index (κ1) is 11.6. The third-order valence-electron chi connectivity index (χ3n) is 3.52. The normalized spacial score (nSPS) is 34.4. The summed E-state index contributed by atoms with van der Waals surface area (Å²) in [5.74, 6) is 0.409. The molecule has 1 aliphatic heterocycles. The minimum Gasteiger partial charge on any atom is -0.396 e. The van der Waals surface area contributed by atoms with E-state index < -0.39 is 0 Å². The van der Waals surface area contributed by atoms with Gasteiger partial charge in [-0.15, -0.1) is 0 Å². The third-order valence-corrected chi connectivity index (χ3v) is 3.52. The monoisotopic (exact) mass is 224 g/mol. The van der Waals surface area contributed by atoms with Gasteiger partial charge in [-0.3, -0.25) is 4.79 Å². The lowest BCUT2D eigenvalue weighted by Crippen LogP contribution is -2.43. The molecule has 1 aliphatic carbocycles. The van der Waals surface area contributed by atoms with Gasteiger partial charge in [0, 0.05) is 25.7 Å². The number of aliphatic hydroxyl groups excluding tert-OH is 1. The van der Waals surface area contributed by atoms with Crippen molar-refractivity contribution >= 4 is 5.91 Å². The second-order valence-corrected chi connectivity index (χ2v) is 4.87. The van der Waals surface area contributed by atoms with Crippen molar-refractivity contribution in [3.63, 3.8) is 0 Å². The summed E-state index contributed by atoms with van der Waals surface area (Å²) in [6.45, 7) is 1.72. The maximum atomic E-state index is 12.1. The fourth-order valence-corrected chi connectivity index (χ4v) is 2.56. The van der Waals surface area contributed by atoms with Gasteiger partial charge in [0.2, 0.25) is 5.91 Å². The number of piperidine rings is 1. The zero-order chi connectivity index (χ0) is 11.5. The van der Waals surface area contributed by atoms with Gasteiger partial charge in [-0.05, 0) is 25.2 Å². The number of hydrogen-bond donors (Lipinski definition) is 2. The molecule has 0 aromatic rings. The van der Waals surface area contributed by atoms with E-state index in [1.807, 2.05) is 17.1 Å². The van der Waals surface area contributed by atoms with Crippen LogP contribution in [0.3, 0.4) is 0 Å². The summed E-state index contributed by atoms with van der Waals surface area (Å²) < 4.78 is 0. The molecular formula is C12H20N2O2. The van der Waals surface area contributed by atoms with Gasteiger partial charge in [-0.2, -0.15) is 0 Å². The Balaban J connectivity index is 1.91. The van der Waals surface area contributed by atoms with Crippen molar-refractivity contribution in [3.05, 3.63) is 12.2 Å². The Hall–Kier alpha value is -0.870. The molecular weight excluding hydrogens is 204 g/mol. The lowest BCUT2D eigenvalue weighted by atomic mass is 9.97. The van der Waals surface area contributed by atoms with E-state index >= 15 is 0 Å². The van der Waals surface area contributed by atoms with Gasteiger partial charge in [-0.1, -0.05) is 12.2 Å². The van der Waals surface area contributed by atoms with E-state index in [-0.39, 0.29) is 30.4 Å². The van der Waals surface area contributed by atoms with E-state index in [2.05, 4.69) is 0 Å². The van der Waals surface area contributed by atoms with Crippen LogP contribution in [0.5, 0.6) is 0 Å². The highest BCUT2D eigenvalue weighted by atomic mass is 16.3. The van der Waals surface area contributed by atoms with Crippen molar-refractivity contribution in [1.82, 2.24) is 4.90 Å². The smallest absolute Gasteiger partial charge is 0.229 e. The van der Waals surface area contributed by atoms with E-state index in [9.17, 15) is 4.79 Å². The highest BCUT2D eigenvalue weighted by molar-refractivity contribution is 5.81. The molecule has 0 radical (unpaired) electrons. The average molecular weight is 224 g/mol. The molecule has 4 heteroatoms. The number of carbonyl (C=O) groups excluding carboxylic acids is 1. The molecule has 1 fully saturated rings. The Bertz CT molecular complexity index is 291. The van der Waals surface area contributed by atoms with Crippen molar-refractivity contribution in [1.29, 1.82) is 0 Å². The summed E-state index contributed by atoms with van der Waals surface area (Å²) in [7, 11) is 0. The first-order valence-corrected chi connectivity index (χ1v) is 6.04. The van der Waals surface area contributed by atoms with Crippen LogP contribution >= 0.6 is 0 Å². The quantitative estimate of drug-likeness (QED) is 0.655. The number of likely N-dealkylation sites (tertiary alicyclic amines) is 1. The number of hydrogen-bond acceptors (Lipinski definition) is 3. The molecule has 1 heterocycles. The van der Waals surface area contributed by atoms with Crippen LogP contribution in [-0.4, -0.2) is 41.7 Å². The Morgan fingerprint density at radius 1 is 1.50 bits per heavy atom. The highest BCUT2D eigenvalue weighted by Crippen LogP contribution is 2.23. The molecule has 0 aromatic carbocycles. The molecule has 2 rings (SSSR count). The third kappa shape index (κ3) is 2.44. The van der Waals surface area contributed by atoms with E-state index in [1.54, 1.807) is 0 Å². The second-order valence-electron chi connectivity index (χ2n) is 4.87. The van der Waals surface area contributed by atoms with Gasteiger partial charge < -0.3 is 15.7 Å². The van der Waals surface area contributed by atoms with Crippen LogP contribution in [0.2, 0.25) is 0 Å². The zero-order valence-electron chi connectivity index (χ0n) is 9.51. The number of aliphatic hydroxyl groups is 1. The molecule has 16 heavy (non-hydrogen) atoms. The first-order chi connectivity index (χ1) is 7.70. The minimum atomic E-state index is -0.0348. The summed E-state index contributed by atoms with van der Waals surface area (Å²) in [6, 6.07) is 0.0346. The van der Waals surface area contributed by atoms with Crippen molar-refractivity contribution in [2.45, 2.75) is 25.3 Å². The molecule has 1 amide bonds. The van der Waals surface area contributed by atoms with E-state index in [1.165, 1.54) is 0 Å². The number of amides is 1. The molecule has 3 unspecified atom stereocenters. The fourth-order valence-electron chi connectivity index (χ4n) is 2.56. The molecule has 3 N–H and O–H groups in total.